The molecule has 19 heavy (non-hydrogen) atoms. The molecule has 5 heteroatoms. The zero-order valence-corrected chi connectivity index (χ0v) is 11.3. The molecule has 0 unspecified atom stereocenters. The Labute approximate surface area is 115 Å². The summed E-state index contributed by atoms with van der Waals surface area (Å²) in [6.07, 6.45) is 3.68. The first-order valence-corrected chi connectivity index (χ1v) is 6.89. The number of pyridine rings is 1. The first-order chi connectivity index (χ1) is 9.35. The highest BCUT2D eigenvalue weighted by Crippen LogP contribution is 2.24. The van der Waals surface area contributed by atoms with E-state index in [2.05, 4.69) is 28.4 Å². The van der Waals surface area contributed by atoms with E-state index < -0.39 is 0 Å². The number of rotatable bonds is 4. The largest absolute Gasteiger partial charge is 0.497 e. The van der Waals surface area contributed by atoms with Crippen LogP contribution in [0.2, 0.25) is 0 Å². The Kier molecular flexibility index (Phi) is 3.37. The van der Waals surface area contributed by atoms with E-state index in [1.54, 1.807) is 25.2 Å². The van der Waals surface area contributed by atoms with E-state index >= 15 is 0 Å². The molecule has 0 aliphatic rings. The van der Waals surface area contributed by atoms with Crippen LogP contribution in [0.5, 0.6) is 5.75 Å². The minimum atomic E-state index is 0.875. The normalized spacial score (nSPS) is 10.8. The average molecular weight is 271 g/mol. The fourth-order valence-electron chi connectivity index (χ4n) is 1.78. The predicted octanol–water partition coefficient (Wildman–Crippen LogP) is 3.03. The molecular weight excluding hydrogens is 258 g/mol. The van der Waals surface area contributed by atoms with E-state index in [0.29, 0.717) is 0 Å². The van der Waals surface area contributed by atoms with Crippen LogP contribution in [0, 0.1) is 0 Å². The van der Waals surface area contributed by atoms with Crippen molar-refractivity contribution in [3.63, 3.8) is 0 Å². The Balaban J connectivity index is 1.70. The van der Waals surface area contributed by atoms with Crippen molar-refractivity contribution in [2.45, 2.75) is 10.6 Å². The zero-order valence-electron chi connectivity index (χ0n) is 10.5. The van der Waals surface area contributed by atoms with E-state index in [9.17, 15) is 0 Å². The maximum Gasteiger partial charge on any atom is 0.161 e. The molecule has 2 heterocycles. The second kappa shape index (κ2) is 5.32. The predicted molar refractivity (Wildman–Crippen MR) is 75.5 cm³/mol. The van der Waals surface area contributed by atoms with E-state index in [0.717, 1.165) is 17.1 Å². The quantitative estimate of drug-likeness (QED) is 0.684. The van der Waals surface area contributed by atoms with Crippen molar-refractivity contribution in [3.05, 3.63) is 54.5 Å². The molecule has 1 aromatic carbocycles. The third kappa shape index (κ3) is 2.71. The molecule has 0 amide bonds. The highest BCUT2D eigenvalue weighted by atomic mass is 32.2. The molecule has 2 aromatic heterocycles. The van der Waals surface area contributed by atoms with Gasteiger partial charge in [0.05, 0.1) is 7.11 Å². The molecule has 96 valence electrons. The second-order valence-electron chi connectivity index (χ2n) is 4.10. The summed E-state index contributed by atoms with van der Waals surface area (Å²) < 4.78 is 7.05. The summed E-state index contributed by atoms with van der Waals surface area (Å²) in [6.45, 7) is 0. The summed E-state index contributed by atoms with van der Waals surface area (Å²) in [5.74, 6) is 1.81. The van der Waals surface area contributed by atoms with Gasteiger partial charge in [0, 0.05) is 16.8 Å². The molecule has 0 bridgehead atoms. The Bertz CT molecular complexity index is 678. The molecular formula is C14H13N3OS. The number of hydrogen-bond donors (Lipinski definition) is 0. The van der Waals surface area contributed by atoms with Gasteiger partial charge in [0.2, 0.25) is 0 Å². The summed E-state index contributed by atoms with van der Waals surface area (Å²) >= 11 is 1.78. The average Bonchev–Trinajstić information content (AvgIpc) is 2.93. The molecule has 3 aromatic rings. The number of thioether (sulfide) groups is 1. The Morgan fingerprint density at radius 2 is 2.05 bits per heavy atom. The molecule has 0 saturated heterocycles. The van der Waals surface area contributed by atoms with Crippen molar-refractivity contribution in [1.82, 2.24) is 14.6 Å². The lowest BCUT2D eigenvalue weighted by atomic mass is 10.2. The highest BCUT2D eigenvalue weighted by molar-refractivity contribution is 7.98. The van der Waals surface area contributed by atoms with Gasteiger partial charge in [-0.25, -0.2) is 0 Å². The smallest absolute Gasteiger partial charge is 0.161 e. The summed E-state index contributed by atoms with van der Waals surface area (Å²) in [5, 5.41) is 7.91. The van der Waals surface area contributed by atoms with E-state index in [1.807, 2.05) is 28.8 Å². The van der Waals surface area contributed by atoms with Gasteiger partial charge in [-0.05, 0) is 29.8 Å². The van der Waals surface area contributed by atoms with Gasteiger partial charge in [0.15, 0.2) is 5.65 Å². The number of fused-ring (bicyclic) bond motifs is 1. The number of nitrogens with zero attached hydrogens (tertiary/aromatic N) is 3. The van der Waals surface area contributed by atoms with Crippen LogP contribution in [0.25, 0.3) is 5.65 Å². The van der Waals surface area contributed by atoms with Crippen LogP contribution in [-0.4, -0.2) is 21.7 Å². The van der Waals surface area contributed by atoms with Crippen LogP contribution in [0.4, 0.5) is 0 Å². The second-order valence-corrected chi connectivity index (χ2v) is 5.14. The van der Waals surface area contributed by atoms with Crippen molar-refractivity contribution < 1.29 is 4.74 Å². The van der Waals surface area contributed by atoms with Gasteiger partial charge in [-0.3, -0.25) is 4.40 Å². The Morgan fingerprint density at radius 3 is 2.84 bits per heavy atom. The maximum absolute atomic E-state index is 5.15. The third-order valence-electron chi connectivity index (χ3n) is 2.84. The highest BCUT2D eigenvalue weighted by Gasteiger charge is 2.00. The van der Waals surface area contributed by atoms with Crippen molar-refractivity contribution in [2.75, 3.05) is 7.11 Å². The van der Waals surface area contributed by atoms with Crippen LogP contribution in [-0.2, 0) is 5.75 Å². The summed E-state index contributed by atoms with van der Waals surface area (Å²) in [6, 6.07) is 12.3. The topological polar surface area (TPSA) is 39.4 Å². The molecule has 4 nitrogen and oxygen atoms in total. The molecule has 0 radical (unpaired) electrons. The minimum Gasteiger partial charge on any atom is -0.497 e. The van der Waals surface area contributed by atoms with Crippen LogP contribution in [0.1, 0.15) is 5.56 Å². The van der Waals surface area contributed by atoms with Gasteiger partial charge in [-0.2, -0.15) is 0 Å². The van der Waals surface area contributed by atoms with E-state index in [1.165, 1.54) is 10.5 Å². The monoisotopic (exact) mass is 271 g/mol. The first kappa shape index (κ1) is 12.0. The minimum absolute atomic E-state index is 0.875. The summed E-state index contributed by atoms with van der Waals surface area (Å²) in [4.78, 5) is 1.19. The lowest BCUT2D eigenvalue weighted by Gasteiger charge is -2.04. The van der Waals surface area contributed by atoms with Gasteiger partial charge in [0.25, 0.3) is 0 Å². The van der Waals surface area contributed by atoms with Crippen molar-refractivity contribution in [2.24, 2.45) is 0 Å². The van der Waals surface area contributed by atoms with Crippen molar-refractivity contribution in [1.29, 1.82) is 0 Å². The van der Waals surface area contributed by atoms with Gasteiger partial charge >= 0.3 is 0 Å². The van der Waals surface area contributed by atoms with E-state index in [-0.39, 0.29) is 0 Å². The van der Waals surface area contributed by atoms with Crippen molar-refractivity contribution >= 4 is 17.4 Å². The number of benzene rings is 1. The zero-order chi connectivity index (χ0) is 13.1. The van der Waals surface area contributed by atoms with Crippen LogP contribution >= 0.6 is 11.8 Å². The Morgan fingerprint density at radius 1 is 1.21 bits per heavy atom. The van der Waals surface area contributed by atoms with Gasteiger partial charge in [-0.1, -0.05) is 12.1 Å². The molecule has 0 N–H and O–H groups in total. The van der Waals surface area contributed by atoms with Gasteiger partial charge < -0.3 is 4.74 Å². The molecule has 0 aliphatic heterocycles. The van der Waals surface area contributed by atoms with Crippen LogP contribution in [0.15, 0.2) is 53.8 Å². The van der Waals surface area contributed by atoms with Gasteiger partial charge in [-0.15, -0.1) is 22.0 Å². The number of ether oxygens (including phenoxy) is 1. The van der Waals surface area contributed by atoms with Crippen LogP contribution < -0.4 is 4.74 Å². The number of methoxy groups -OCH3 is 1. The molecule has 0 saturated carbocycles. The van der Waals surface area contributed by atoms with Crippen molar-refractivity contribution in [3.8, 4) is 5.75 Å². The SMILES string of the molecule is COc1ccc(CSc2ccn3cnnc3c2)cc1. The lowest BCUT2D eigenvalue weighted by Crippen LogP contribution is -1.86. The summed E-state index contributed by atoms with van der Waals surface area (Å²) in [7, 11) is 1.68. The Hall–Kier alpha value is -2.01. The lowest BCUT2D eigenvalue weighted by molar-refractivity contribution is 0.414. The molecule has 0 spiro atoms. The fourth-order valence-corrected chi connectivity index (χ4v) is 2.65. The standard InChI is InChI=1S/C14H13N3OS/c1-18-12-4-2-11(3-5-12)9-19-13-6-7-17-10-15-16-14(17)8-13/h2-8,10H,9H2,1H3. The van der Waals surface area contributed by atoms with E-state index in [4.69, 9.17) is 4.74 Å². The van der Waals surface area contributed by atoms with Crippen LogP contribution in [0.3, 0.4) is 0 Å². The molecule has 0 fully saturated rings. The maximum atomic E-state index is 5.15. The third-order valence-corrected chi connectivity index (χ3v) is 3.90. The number of aromatic nitrogens is 3. The summed E-state index contributed by atoms with van der Waals surface area (Å²) in [5.41, 5.74) is 2.15. The molecule has 0 atom stereocenters. The van der Waals surface area contributed by atoms with Gasteiger partial charge in [0.1, 0.15) is 12.1 Å². The molecule has 3 rings (SSSR count). The number of hydrogen-bond acceptors (Lipinski definition) is 4. The fraction of sp³-hybridized carbons (Fsp3) is 0.143. The molecule has 0 aliphatic carbocycles. The first-order valence-electron chi connectivity index (χ1n) is 5.90.